The molecule has 0 amide bonds. The molecule has 1 aromatic heterocycles. The van der Waals surface area contributed by atoms with Crippen LogP contribution in [0.1, 0.15) is 38.0 Å². The van der Waals surface area contributed by atoms with Gasteiger partial charge < -0.3 is 4.90 Å². The van der Waals surface area contributed by atoms with E-state index in [1.165, 1.54) is 11.3 Å². The molecule has 0 aromatic carbocycles. The van der Waals surface area contributed by atoms with Crippen molar-refractivity contribution in [3.8, 4) is 0 Å². The molecule has 3 heteroatoms. The van der Waals surface area contributed by atoms with Crippen LogP contribution in [0.4, 0.5) is 0 Å². The van der Waals surface area contributed by atoms with Gasteiger partial charge in [-0.2, -0.15) is 0 Å². The highest BCUT2D eigenvalue weighted by Gasteiger charge is 2.37. The quantitative estimate of drug-likeness (QED) is 0.820. The van der Waals surface area contributed by atoms with Crippen LogP contribution in [0.2, 0.25) is 0 Å². The van der Waals surface area contributed by atoms with E-state index in [1.54, 1.807) is 0 Å². The first kappa shape index (κ1) is 14.7. The van der Waals surface area contributed by atoms with Gasteiger partial charge >= 0.3 is 0 Å². The average molecular weight is 279 g/mol. The van der Waals surface area contributed by atoms with Gasteiger partial charge in [-0.1, -0.05) is 26.3 Å². The zero-order valence-corrected chi connectivity index (χ0v) is 13.1. The summed E-state index contributed by atoms with van der Waals surface area (Å²) in [6, 6.07) is 4.29. The maximum atomic E-state index is 12.4. The summed E-state index contributed by atoms with van der Waals surface area (Å²) >= 11 is 1.82. The number of hydrogen-bond donors (Lipinski definition) is 0. The molecule has 1 fully saturated rings. The van der Waals surface area contributed by atoms with Gasteiger partial charge in [-0.15, -0.1) is 11.3 Å². The van der Waals surface area contributed by atoms with Crippen LogP contribution in [-0.4, -0.2) is 30.8 Å². The number of rotatable bonds is 5. The van der Waals surface area contributed by atoms with Gasteiger partial charge in [0.05, 0.1) is 0 Å². The Morgan fingerprint density at radius 3 is 2.95 bits per heavy atom. The second-order valence-electron chi connectivity index (χ2n) is 6.43. The number of ketones is 1. The summed E-state index contributed by atoms with van der Waals surface area (Å²) in [5.74, 6) is 0.721. The summed E-state index contributed by atoms with van der Waals surface area (Å²) in [6.07, 6.45) is 4.42. The lowest BCUT2D eigenvalue weighted by atomic mass is 9.71. The van der Waals surface area contributed by atoms with Gasteiger partial charge in [0.25, 0.3) is 0 Å². The van der Waals surface area contributed by atoms with Crippen molar-refractivity contribution in [1.29, 1.82) is 0 Å². The fraction of sp³-hybridized carbons (Fsp3) is 0.688. The Hall–Kier alpha value is -0.670. The summed E-state index contributed by atoms with van der Waals surface area (Å²) in [7, 11) is 2.14. The van der Waals surface area contributed by atoms with Gasteiger partial charge in [-0.05, 0) is 37.8 Å². The molecule has 1 atom stereocenters. The number of carbonyl (C=O) groups excluding carboxylic acids is 1. The largest absolute Gasteiger partial charge is 0.305 e. The summed E-state index contributed by atoms with van der Waals surface area (Å²) in [6.45, 7) is 6.18. The highest BCUT2D eigenvalue weighted by molar-refractivity contribution is 7.09. The monoisotopic (exact) mass is 279 g/mol. The van der Waals surface area contributed by atoms with Crippen molar-refractivity contribution in [3.05, 3.63) is 22.4 Å². The van der Waals surface area contributed by atoms with Crippen molar-refractivity contribution in [2.24, 2.45) is 11.3 Å². The van der Waals surface area contributed by atoms with E-state index < -0.39 is 0 Å². The Balaban J connectivity index is 1.81. The van der Waals surface area contributed by atoms with Gasteiger partial charge in [0, 0.05) is 29.3 Å². The SMILES string of the molecule is CN(CCc1cccs1)CC1CCCC(C)(C)C1=O. The van der Waals surface area contributed by atoms with Crippen molar-refractivity contribution < 1.29 is 4.79 Å². The lowest BCUT2D eigenvalue weighted by Gasteiger charge is -2.35. The maximum Gasteiger partial charge on any atom is 0.142 e. The van der Waals surface area contributed by atoms with Crippen LogP contribution in [0.5, 0.6) is 0 Å². The Morgan fingerprint density at radius 2 is 2.26 bits per heavy atom. The van der Waals surface area contributed by atoms with Crippen molar-refractivity contribution in [1.82, 2.24) is 4.90 Å². The normalized spacial score (nSPS) is 22.9. The molecule has 1 unspecified atom stereocenters. The zero-order valence-electron chi connectivity index (χ0n) is 12.3. The standard InChI is InChI=1S/C16H25NOS/c1-16(2)9-4-6-13(15(16)18)12-17(3)10-8-14-7-5-11-19-14/h5,7,11,13H,4,6,8-10,12H2,1-3H3. The predicted molar refractivity (Wildman–Crippen MR) is 81.6 cm³/mol. The molecule has 2 rings (SSSR count). The lowest BCUT2D eigenvalue weighted by molar-refractivity contribution is -0.134. The molecule has 19 heavy (non-hydrogen) atoms. The lowest BCUT2D eigenvalue weighted by Crippen LogP contribution is -2.41. The Morgan fingerprint density at radius 1 is 1.47 bits per heavy atom. The van der Waals surface area contributed by atoms with Gasteiger partial charge in [-0.3, -0.25) is 4.79 Å². The molecule has 1 aromatic rings. The molecule has 0 spiro atoms. The smallest absolute Gasteiger partial charge is 0.142 e. The number of Topliss-reactive ketones (excluding diaryl/α,β-unsaturated/α-hetero) is 1. The number of thiophene rings is 1. The molecule has 2 nitrogen and oxygen atoms in total. The summed E-state index contributed by atoms with van der Waals surface area (Å²) in [5.41, 5.74) is -0.0997. The van der Waals surface area contributed by atoms with Crippen LogP contribution >= 0.6 is 11.3 Å². The van der Waals surface area contributed by atoms with Crippen LogP contribution in [0.3, 0.4) is 0 Å². The highest BCUT2D eigenvalue weighted by atomic mass is 32.1. The third-order valence-corrected chi connectivity index (χ3v) is 5.18. The molecule has 1 saturated carbocycles. The van der Waals surface area contributed by atoms with Gasteiger partial charge in [0.1, 0.15) is 5.78 Å². The molecule has 0 aliphatic heterocycles. The average Bonchev–Trinajstić information content (AvgIpc) is 2.85. The highest BCUT2D eigenvalue weighted by Crippen LogP contribution is 2.35. The van der Waals surface area contributed by atoms with Crippen LogP contribution in [0, 0.1) is 11.3 Å². The molecule has 0 saturated heterocycles. The van der Waals surface area contributed by atoms with E-state index in [2.05, 4.69) is 43.3 Å². The topological polar surface area (TPSA) is 20.3 Å². The molecular weight excluding hydrogens is 254 g/mol. The molecular formula is C16H25NOS. The van der Waals surface area contributed by atoms with Crippen LogP contribution in [-0.2, 0) is 11.2 Å². The minimum absolute atomic E-state index is 0.0997. The molecule has 1 heterocycles. The second kappa shape index (κ2) is 6.19. The summed E-state index contributed by atoms with van der Waals surface area (Å²) in [5, 5.41) is 2.13. The molecule has 0 bridgehead atoms. The van der Waals surface area contributed by atoms with E-state index in [1.807, 2.05) is 11.3 Å². The van der Waals surface area contributed by atoms with Gasteiger partial charge in [0.15, 0.2) is 0 Å². The first-order valence-corrected chi connectivity index (χ1v) is 8.12. The van der Waals surface area contributed by atoms with Crippen molar-refractivity contribution in [2.45, 2.75) is 39.5 Å². The van der Waals surface area contributed by atoms with Crippen LogP contribution in [0.15, 0.2) is 17.5 Å². The molecule has 1 aliphatic rings. The van der Waals surface area contributed by atoms with Gasteiger partial charge in [0.2, 0.25) is 0 Å². The van der Waals surface area contributed by atoms with Crippen molar-refractivity contribution in [3.63, 3.8) is 0 Å². The number of nitrogens with zero attached hydrogens (tertiary/aromatic N) is 1. The molecule has 106 valence electrons. The summed E-state index contributed by atoms with van der Waals surface area (Å²) in [4.78, 5) is 16.1. The third kappa shape index (κ3) is 3.90. The third-order valence-electron chi connectivity index (χ3n) is 4.24. The molecule has 0 N–H and O–H groups in total. The Labute approximate surface area is 120 Å². The fourth-order valence-corrected chi connectivity index (χ4v) is 3.69. The fourth-order valence-electron chi connectivity index (χ4n) is 2.99. The van der Waals surface area contributed by atoms with E-state index in [0.29, 0.717) is 5.78 Å². The van der Waals surface area contributed by atoms with Gasteiger partial charge in [-0.25, -0.2) is 0 Å². The van der Waals surface area contributed by atoms with Crippen molar-refractivity contribution in [2.75, 3.05) is 20.1 Å². The van der Waals surface area contributed by atoms with E-state index in [-0.39, 0.29) is 11.3 Å². The Bertz CT molecular complexity index is 410. The number of hydrogen-bond acceptors (Lipinski definition) is 3. The molecule has 1 aliphatic carbocycles. The van der Waals surface area contributed by atoms with Crippen LogP contribution < -0.4 is 0 Å². The minimum atomic E-state index is -0.0997. The molecule has 0 radical (unpaired) electrons. The minimum Gasteiger partial charge on any atom is -0.305 e. The van der Waals surface area contributed by atoms with Crippen LogP contribution in [0.25, 0.3) is 0 Å². The predicted octanol–water partition coefficient (Wildman–Crippen LogP) is 3.62. The van der Waals surface area contributed by atoms with E-state index >= 15 is 0 Å². The van der Waals surface area contributed by atoms with E-state index in [0.717, 1.165) is 32.4 Å². The van der Waals surface area contributed by atoms with E-state index in [9.17, 15) is 4.79 Å². The first-order chi connectivity index (χ1) is 8.99. The Kier molecular flexibility index (Phi) is 4.80. The summed E-state index contributed by atoms with van der Waals surface area (Å²) < 4.78 is 0. The van der Waals surface area contributed by atoms with E-state index in [4.69, 9.17) is 0 Å². The zero-order chi connectivity index (χ0) is 13.9. The maximum absolute atomic E-state index is 12.4. The first-order valence-electron chi connectivity index (χ1n) is 7.24. The number of carbonyl (C=O) groups is 1. The van der Waals surface area contributed by atoms with Crippen molar-refractivity contribution >= 4 is 17.1 Å². The second-order valence-corrected chi connectivity index (χ2v) is 7.46. The number of likely N-dealkylation sites (N-methyl/N-ethyl adjacent to an activating group) is 1.